The largest absolute Gasteiger partial charge is 0.288 e. The predicted molar refractivity (Wildman–Crippen MR) is 63.0 cm³/mol. The maximum atomic E-state index is 4.55. The van der Waals surface area contributed by atoms with Gasteiger partial charge >= 0.3 is 0 Å². The molecule has 3 aromatic rings. The number of benzene rings is 1. The van der Waals surface area contributed by atoms with Gasteiger partial charge in [-0.2, -0.15) is 0 Å². The lowest BCUT2D eigenvalue weighted by Crippen LogP contribution is -1.81. The van der Waals surface area contributed by atoms with E-state index >= 15 is 0 Å². The maximum absolute atomic E-state index is 4.55. The van der Waals surface area contributed by atoms with Gasteiger partial charge in [-0.25, -0.2) is 4.98 Å². The minimum absolute atomic E-state index is 1.05. The number of thiazole rings is 1. The zero-order valence-corrected chi connectivity index (χ0v) is 9.89. The minimum Gasteiger partial charge on any atom is -0.288 e. The summed E-state index contributed by atoms with van der Waals surface area (Å²) in [5.74, 6) is 0. The Labute approximate surface area is 93.3 Å². The van der Waals surface area contributed by atoms with Crippen LogP contribution in [0.25, 0.3) is 16.0 Å². The summed E-state index contributed by atoms with van der Waals surface area (Å²) in [4.78, 5) is 5.61. The van der Waals surface area contributed by atoms with E-state index in [1.54, 1.807) is 11.3 Å². The van der Waals surface area contributed by atoms with E-state index in [9.17, 15) is 0 Å². The van der Waals surface area contributed by atoms with Crippen molar-refractivity contribution in [2.75, 3.05) is 0 Å². The lowest BCUT2D eigenvalue weighted by Gasteiger charge is -1.93. The van der Waals surface area contributed by atoms with Crippen molar-refractivity contribution in [3.8, 4) is 0 Å². The van der Waals surface area contributed by atoms with E-state index in [0.717, 1.165) is 15.0 Å². The van der Waals surface area contributed by atoms with Crippen molar-refractivity contribution < 1.29 is 0 Å². The Balaban J connectivity index is 2.58. The van der Waals surface area contributed by atoms with Gasteiger partial charge in [0.15, 0.2) is 4.96 Å². The van der Waals surface area contributed by atoms with Gasteiger partial charge in [0.05, 0.1) is 11.0 Å². The van der Waals surface area contributed by atoms with Crippen molar-refractivity contribution in [1.29, 1.82) is 0 Å². The number of aryl methyl sites for hydroxylation is 1. The highest BCUT2D eigenvalue weighted by Crippen LogP contribution is 2.25. The summed E-state index contributed by atoms with van der Waals surface area (Å²) in [6.07, 6.45) is 0. The monoisotopic (exact) mass is 266 g/mol. The van der Waals surface area contributed by atoms with Crippen LogP contribution >= 0.6 is 27.3 Å². The third-order valence-corrected chi connectivity index (χ3v) is 3.71. The van der Waals surface area contributed by atoms with Crippen LogP contribution in [0, 0.1) is 6.92 Å². The second-order valence-corrected chi connectivity index (χ2v) is 4.99. The molecule has 3 rings (SSSR count). The average Bonchev–Trinajstić information content (AvgIpc) is 2.66. The molecule has 0 saturated carbocycles. The van der Waals surface area contributed by atoms with Crippen LogP contribution in [-0.4, -0.2) is 9.38 Å². The van der Waals surface area contributed by atoms with Gasteiger partial charge in [0.1, 0.15) is 0 Å². The first kappa shape index (κ1) is 8.44. The van der Waals surface area contributed by atoms with E-state index in [4.69, 9.17) is 0 Å². The quantitative estimate of drug-likeness (QED) is 0.608. The van der Waals surface area contributed by atoms with Crippen molar-refractivity contribution in [2.45, 2.75) is 6.92 Å². The van der Waals surface area contributed by atoms with Crippen molar-refractivity contribution in [1.82, 2.24) is 9.38 Å². The second kappa shape index (κ2) is 2.81. The van der Waals surface area contributed by atoms with E-state index in [-0.39, 0.29) is 0 Å². The zero-order valence-electron chi connectivity index (χ0n) is 7.49. The number of halogens is 1. The number of hydrogen-bond donors (Lipinski definition) is 0. The van der Waals surface area contributed by atoms with Gasteiger partial charge in [-0.1, -0.05) is 15.9 Å². The lowest BCUT2D eigenvalue weighted by molar-refractivity contribution is 1.17. The summed E-state index contributed by atoms with van der Waals surface area (Å²) < 4.78 is 3.26. The Morgan fingerprint density at radius 2 is 2.29 bits per heavy atom. The normalized spacial score (nSPS) is 11.6. The van der Waals surface area contributed by atoms with Gasteiger partial charge in [0.25, 0.3) is 0 Å². The first-order chi connectivity index (χ1) is 6.75. The molecule has 0 amide bonds. The number of aromatic nitrogens is 2. The van der Waals surface area contributed by atoms with Crippen LogP contribution in [0.3, 0.4) is 0 Å². The number of hydrogen-bond acceptors (Lipinski definition) is 2. The SMILES string of the molecule is Cc1csc2nc3cc(Br)ccc3n12. The Morgan fingerprint density at radius 3 is 3.14 bits per heavy atom. The number of fused-ring (bicyclic) bond motifs is 3. The highest BCUT2D eigenvalue weighted by Gasteiger charge is 2.07. The molecule has 4 heteroatoms. The average molecular weight is 267 g/mol. The van der Waals surface area contributed by atoms with E-state index in [2.05, 4.69) is 49.8 Å². The first-order valence-electron chi connectivity index (χ1n) is 4.27. The molecule has 0 saturated heterocycles. The van der Waals surface area contributed by atoms with Crippen molar-refractivity contribution in [3.05, 3.63) is 33.7 Å². The molecule has 2 nitrogen and oxygen atoms in total. The molecule has 0 spiro atoms. The molecule has 0 radical (unpaired) electrons. The van der Waals surface area contributed by atoms with Crippen LogP contribution in [0.5, 0.6) is 0 Å². The Hall–Kier alpha value is -0.870. The Kier molecular flexibility index (Phi) is 1.69. The van der Waals surface area contributed by atoms with E-state index < -0.39 is 0 Å². The number of nitrogens with zero attached hydrogens (tertiary/aromatic N) is 2. The highest BCUT2D eigenvalue weighted by atomic mass is 79.9. The minimum atomic E-state index is 1.05. The van der Waals surface area contributed by atoms with Gasteiger partial charge < -0.3 is 0 Å². The van der Waals surface area contributed by atoms with E-state index in [0.29, 0.717) is 0 Å². The molecular formula is C10H7BrN2S. The maximum Gasteiger partial charge on any atom is 0.194 e. The molecule has 0 N–H and O–H groups in total. The third kappa shape index (κ3) is 1.04. The molecule has 0 aliphatic heterocycles. The summed E-state index contributed by atoms with van der Waals surface area (Å²) in [7, 11) is 0. The fourth-order valence-electron chi connectivity index (χ4n) is 1.64. The molecule has 0 fully saturated rings. The molecule has 70 valence electrons. The number of rotatable bonds is 0. The molecule has 2 aromatic heterocycles. The molecule has 1 aromatic carbocycles. The standard InChI is InChI=1S/C10H7BrN2S/c1-6-5-14-10-12-8-4-7(11)2-3-9(8)13(6)10/h2-5H,1H3. The summed E-state index contributed by atoms with van der Waals surface area (Å²) in [6.45, 7) is 2.10. The predicted octanol–water partition coefficient (Wildman–Crippen LogP) is 3.62. The molecule has 0 aliphatic rings. The molecule has 0 unspecified atom stereocenters. The Morgan fingerprint density at radius 1 is 1.43 bits per heavy atom. The van der Waals surface area contributed by atoms with Gasteiger partial charge in [0.2, 0.25) is 0 Å². The van der Waals surface area contributed by atoms with Gasteiger partial charge in [-0.3, -0.25) is 4.40 Å². The van der Waals surface area contributed by atoms with Crippen molar-refractivity contribution >= 4 is 43.3 Å². The third-order valence-electron chi connectivity index (χ3n) is 2.27. The summed E-state index contributed by atoms with van der Waals surface area (Å²) in [6, 6.07) is 6.20. The molecule has 0 atom stereocenters. The zero-order chi connectivity index (χ0) is 9.71. The molecule has 14 heavy (non-hydrogen) atoms. The van der Waals surface area contributed by atoms with Crippen LogP contribution in [0.4, 0.5) is 0 Å². The molecule has 0 bridgehead atoms. The van der Waals surface area contributed by atoms with Gasteiger partial charge in [0, 0.05) is 15.5 Å². The van der Waals surface area contributed by atoms with Crippen LogP contribution in [0.15, 0.2) is 28.1 Å². The van der Waals surface area contributed by atoms with Crippen molar-refractivity contribution in [2.24, 2.45) is 0 Å². The topological polar surface area (TPSA) is 17.3 Å². The summed E-state index contributed by atoms with van der Waals surface area (Å²) in [5, 5.41) is 2.13. The summed E-state index contributed by atoms with van der Waals surface area (Å²) >= 11 is 5.13. The summed E-state index contributed by atoms with van der Waals surface area (Å²) in [5.41, 5.74) is 3.48. The molecule has 0 aliphatic carbocycles. The fraction of sp³-hybridized carbons (Fsp3) is 0.100. The van der Waals surface area contributed by atoms with Gasteiger partial charge in [-0.05, 0) is 25.1 Å². The van der Waals surface area contributed by atoms with Crippen LogP contribution in [0.1, 0.15) is 5.69 Å². The molecular weight excluding hydrogens is 260 g/mol. The van der Waals surface area contributed by atoms with Crippen LogP contribution < -0.4 is 0 Å². The first-order valence-corrected chi connectivity index (χ1v) is 5.95. The second-order valence-electron chi connectivity index (χ2n) is 3.24. The number of imidazole rings is 1. The fourth-order valence-corrected chi connectivity index (χ4v) is 2.87. The van der Waals surface area contributed by atoms with Crippen molar-refractivity contribution in [3.63, 3.8) is 0 Å². The van der Waals surface area contributed by atoms with Crippen LogP contribution in [0.2, 0.25) is 0 Å². The van der Waals surface area contributed by atoms with Crippen LogP contribution in [-0.2, 0) is 0 Å². The van der Waals surface area contributed by atoms with Gasteiger partial charge in [-0.15, -0.1) is 11.3 Å². The lowest BCUT2D eigenvalue weighted by atomic mass is 10.3. The van der Waals surface area contributed by atoms with E-state index in [1.165, 1.54) is 11.2 Å². The van der Waals surface area contributed by atoms with E-state index in [1.807, 2.05) is 6.07 Å². The Bertz CT molecular complexity index is 623. The highest BCUT2D eigenvalue weighted by molar-refractivity contribution is 9.10. The molecule has 2 heterocycles. The smallest absolute Gasteiger partial charge is 0.194 e.